The standard InChI is InChI=1S/C31H33N3O7/c1-19(2)39-31(37)29(32)26-18-25(10-4-21(26)7-11-28(35)36)38-17-14-27-20(3)40-30(34-27)22-5-8-23(9-6-22)41-24-12-15-33-16-13-24/h4-6,8-10,12-13,15-16,18-19,29H,7,11,14,17,32H2,1-3H3,(H,35,36). The summed E-state index contributed by atoms with van der Waals surface area (Å²) in [6.45, 7) is 5.62. The smallest absolute Gasteiger partial charge is 0.327 e. The molecule has 10 heteroatoms. The molecule has 0 aliphatic heterocycles. The number of hydrogen-bond donors (Lipinski definition) is 2. The molecule has 4 aromatic rings. The third kappa shape index (κ3) is 8.15. The molecule has 3 N–H and O–H groups in total. The summed E-state index contributed by atoms with van der Waals surface area (Å²) in [6.07, 6.45) is 3.62. The number of nitrogens with two attached hydrogens (primary N) is 1. The number of carboxylic acids is 1. The van der Waals surface area contributed by atoms with Gasteiger partial charge in [-0.15, -0.1) is 0 Å². The average molecular weight is 560 g/mol. The number of aromatic nitrogens is 2. The number of carbonyl (C=O) groups excluding carboxylic acids is 1. The van der Waals surface area contributed by atoms with E-state index >= 15 is 0 Å². The number of aryl methyl sites for hydroxylation is 2. The summed E-state index contributed by atoms with van der Waals surface area (Å²) in [5, 5.41) is 9.11. The van der Waals surface area contributed by atoms with Crippen LogP contribution in [0.4, 0.5) is 0 Å². The summed E-state index contributed by atoms with van der Waals surface area (Å²) in [5.74, 6) is 1.53. The van der Waals surface area contributed by atoms with Crippen LogP contribution in [0, 0.1) is 6.92 Å². The predicted molar refractivity (Wildman–Crippen MR) is 151 cm³/mol. The fourth-order valence-corrected chi connectivity index (χ4v) is 4.11. The minimum atomic E-state index is -1.06. The zero-order valence-corrected chi connectivity index (χ0v) is 23.2. The van der Waals surface area contributed by atoms with E-state index in [0.717, 1.165) is 11.3 Å². The highest BCUT2D eigenvalue weighted by Crippen LogP contribution is 2.28. The van der Waals surface area contributed by atoms with Crippen LogP contribution in [0.15, 0.2) is 71.4 Å². The summed E-state index contributed by atoms with van der Waals surface area (Å²) in [6, 6.07) is 15.1. The second-order valence-corrected chi connectivity index (χ2v) is 9.65. The largest absolute Gasteiger partial charge is 0.493 e. The van der Waals surface area contributed by atoms with E-state index in [1.54, 1.807) is 56.6 Å². The number of hydrogen-bond acceptors (Lipinski definition) is 9. The van der Waals surface area contributed by atoms with Gasteiger partial charge in [-0.3, -0.25) is 9.78 Å². The molecular weight excluding hydrogens is 526 g/mol. The Morgan fingerprint density at radius 2 is 1.66 bits per heavy atom. The third-order valence-corrected chi connectivity index (χ3v) is 6.15. The first kappa shape index (κ1) is 29.3. The van der Waals surface area contributed by atoms with Gasteiger partial charge in [-0.2, -0.15) is 0 Å². The lowest BCUT2D eigenvalue weighted by atomic mass is 9.97. The van der Waals surface area contributed by atoms with Crippen molar-refractivity contribution in [2.24, 2.45) is 5.73 Å². The van der Waals surface area contributed by atoms with Crippen molar-refractivity contribution in [3.63, 3.8) is 0 Å². The minimum Gasteiger partial charge on any atom is -0.493 e. The highest BCUT2D eigenvalue weighted by Gasteiger charge is 2.23. The normalized spacial score (nSPS) is 11.7. The van der Waals surface area contributed by atoms with Crippen LogP contribution in [0.5, 0.6) is 17.2 Å². The molecule has 1 atom stereocenters. The Labute approximate surface area is 238 Å². The molecule has 0 saturated heterocycles. The lowest BCUT2D eigenvalue weighted by Gasteiger charge is -2.18. The molecule has 0 amide bonds. The maximum Gasteiger partial charge on any atom is 0.327 e. The number of benzene rings is 2. The van der Waals surface area contributed by atoms with Crippen LogP contribution in [-0.2, 0) is 27.2 Å². The lowest BCUT2D eigenvalue weighted by Crippen LogP contribution is -2.27. The quantitative estimate of drug-likeness (QED) is 0.203. The number of ether oxygens (including phenoxy) is 3. The van der Waals surface area contributed by atoms with Crippen molar-refractivity contribution in [1.29, 1.82) is 0 Å². The Morgan fingerprint density at radius 1 is 0.976 bits per heavy atom. The van der Waals surface area contributed by atoms with Gasteiger partial charge in [0.2, 0.25) is 5.89 Å². The fourth-order valence-electron chi connectivity index (χ4n) is 4.11. The van der Waals surface area contributed by atoms with Crippen molar-refractivity contribution in [2.75, 3.05) is 6.61 Å². The molecule has 0 aliphatic carbocycles. The highest BCUT2D eigenvalue weighted by atomic mass is 16.5. The number of aliphatic carboxylic acids is 1. The first-order valence-corrected chi connectivity index (χ1v) is 13.3. The van der Waals surface area contributed by atoms with Crippen molar-refractivity contribution >= 4 is 11.9 Å². The van der Waals surface area contributed by atoms with Gasteiger partial charge in [-0.05, 0) is 86.8 Å². The SMILES string of the molecule is Cc1oc(-c2ccc(Oc3ccncc3)cc2)nc1CCOc1ccc(CCC(=O)O)c(C(N)C(=O)OC(C)C)c1. The second-order valence-electron chi connectivity index (χ2n) is 9.65. The average Bonchev–Trinajstić information content (AvgIpc) is 3.32. The molecule has 4 rings (SSSR count). The van der Waals surface area contributed by atoms with Gasteiger partial charge in [0.15, 0.2) is 0 Å². The molecule has 0 aliphatic rings. The number of pyridine rings is 1. The molecule has 41 heavy (non-hydrogen) atoms. The first-order chi connectivity index (χ1) is 19.7. The van der Waals surface area contributed by atoms with Gasteiger partial charge in [0, 0.05) is 30.8 Å². The molecule has 0 spiro atoms. The van der Waals surface area contributed by atoms with E-state index in [1.165, 1.54) is 0 Å². The van der Waals surface area contributed by atoms with E-state index in [-0.39, 0.29) is 18.9 Å². The Bertz CT molecular complexity index is 1470. The van der Waals surface area contributed by atoms with E-state index in [0.29, 0.717) is 53.1 Å². The Hall–Kier alpha value is -4.70. The van der Waals surface area contributed by atoms with Gasteiger partial charge in [0.1, 0.15) is 29.1 Å². The zero-order valence-electron chi connectivity index (χ0n) is 23.2. The van der Waals surface area contributed by atoms with Gasteiger partial charge in [0.25, 0.3) is 0 Å². The van der Waals surface area contributed by atoms with E-state index in [1.807, 2.05) is 31.2 Å². The van der Waals surface area contributed by atoms with Crippen LogP contribution < -0.4 is 15.2 Å². The molecule has 10 nitrogen and oxygen atoms in total. The topological polar surface area (TPSA) is 147 Å². The van der Waals surface area contributed by atoms with Crippen LogP contribution in [-0.4, -0.2) is 39.7 Å². The van der Waals surface area contributed by atoms with Gasteiger partial charge < -0.3 is 29.5 Å². The molecular formula is C31H33N3O7. The minimum absolute atomic E-state index is 0.0899. The molecule has 214 valence electrons. The molecule has 0 bridgehead atoms. The van der Waals surface area contributed by atoms with E-state index in [9.17, 15) is 9.59 Å². The van der Waals surface area contributed by atoms with Crippen molar-refractivity contribution < 1.29 is 33.3 Å². The van der Waals surface area contributed by atoms with Crippen LogP contribution in [0.3, 0.4) is 0 Å². The van der Waals surface area contributed by atoms with Gasteiger partial charge in [0.05, 0.1) is 18.4 Å². The van der Waals surface area contributed by atoms with Crippen LogP contribution in [0.2, 0.25) is 0 Å². The Kier molecular flexibility index (Phi) is 9.70. The number of rotatable bonds is 13. The predicted octanol–water partition coefficient (Wildman–Crippen LogP) is 5.43. The summed E-state index contributed by atoms with van der Waals surface area (Å²) in [7, 11) is 0. The van der Waals surface area contributed by atoms with E-state index in [4.69, 9.17) is 29.5 Å². The lowest BCUT2D eigenvalue weighted by molar-refractivity contribution is -0.149. The molecule has 0 saturated carbocycles. The number of carboxylic acid groups (broad SMARTS) is 1. The molecule has 0 fully saturated rings. The molecule has 0 radical (unpaired) electrons. The molecule has 2 aromatic heterocycles. The summed E-state index contributed by atoms with van der Waals surface area (Å²) < 4.78 is 22.9. The van der Waals surface area contributed by atoms with Crippen molar-refractivity contribution in [3.05, 3.63) is 89.6 Å². The Morgan fingerprint density at radius 3 is 2.34 bits per heavy atom. The second kappa shape index (κ2) is 13.6. The van der Waals surface area contributed by atoms with Gasteiger partial charge in [-0.25, -0.2) is 9.78 Å². The van der Waals surface area contributed by atoms with Crippen molar-refractivity contribution in [1.82, 2.24) is 9.97 Å². The van der Waals surface area contributed by atoms with Gasteiger partial charge >= 0.3 is 11.9 Å². The van der Waals surface area contributed by atoms with Crippen LogP contribution in [0.1, 0.15) is 48.9 Å². The summed E-state index contributed by atoms with van der Waals surface area (Å²) >= 11 is 0. The van der Waals surface area contributed by atoms with Crippen molar-refractivity contribution in [2.45, 2.75) is 52.2 Å². The molecule has 2 aromatic carbocycles. The number of oxazole rings is 1. The summed E-state index contributed by atoms with van der Waals surface area (Å²) in [4.78, 5) is 32.2. The molecule has 2 heterocycles. The maximum atomic E-state index is 12.5. The van der Waals surface area contributed by atoms with Crippen LogP contribution >= 0.6 is 0 Å². The van der Waals surface area contributed by atoms with Crippen LogP contribution in [0.25, 0.3) is 11.5 Å². The Balaban J connectivity index is 1.40. The maximum absolute atomic E-state index is 12.5. The summed E-state index contributed by atoms with van der Waals surface area (Å²) in [5.41, 5.74) is 8.90. The first-order valence-electron chi connectivity index (χ1n) is 13.3. The monoisotopic (exact) mass is 559 g/mol. The van der Waals surface area contributed by atoms with E-state index in [2.05, 4.69) is 9.97 Å². The highest BCUT2D eigenvalue weighted by molar-refractivity contribution is 5.78. The number of carbonyl (C=O) groups is 2. The zero-order chi connectivity index (χ0) is 29.4. The number of nitrogens with zero attached hydrogens (tertiary/aromatic N) is 2. The molecule has 1 unspecified atom stereocenters. The van der Waals surface area contributed by atoms with Crippen molar-refractivity contribution in [3.8, 4) is 28.7 Å². The number of esters is 1. The van der Waals surface area contributed by atoms with E-state index < -0.39 is 18.0 Å². The third-order valence-electron chi connectivity index (χ3n) is 6.15. The van der Waals surface area contributed by atoms with Gasteiger partial charge in [-0.1, -0.05) is 6.07 Å². The fraction of sp³-hybridized carbons (Fsp3) is 0.290.